The number of rotatable bonds is 5. The summed E-state index contributed by atoms with van der Waals surface area (Å²) in [5, 5.41) is 0. The first kappa shape index (κ1) is 14.6. The number of benzene rings is 1. The first-order valence-corrected chi connectivity index (χ1v) is 6.76. The first-order valence-electron chi connectivity index (χ1n) is 6.76. The molecule has 0 saturated heterocycles. The van der Waals surface area contributed by atoms with E-state index in [4.69, 9.17) is 5.84 Å². The lowest BCUT2D eigenvalue weighted by Crippen LogP contribution is -2.29. The van der Waals surface area contributed by atoms with E-state index in [9.17, 15) is 4.39 Å². The second-order valence-electron chi connectivity index (χ2n) is 5.34. The van der Waals surface area contributed by atoms with Gasteiger partial charge in [-0.1, -0.05) is 38.1 Å². The lowest BCUT2D eigenvalue weighted by Gasteiger charge is -2.17. The minimum atomic E-state index is -0.349. The van der Waals surface area contributed by atoms with Gasteiger partial charge in [0.15, 0.2) is 0 Å². The fourth-order valence-corrected chi connectivity index (χ4v) is 2.28. The SMILES string of the molecule is CC(C)Cc1cccc(C(NN)c2ccc(F)cn2)c1. The molecule has 3 nitrogen and oxygen atoms in total. The third kappa shape index (κ3) is 3.62. The molecule has 0 fully saturated rings. The van der Waals surface area contributed by atoms with E-state index in [0.29, 0.717) is 11.6 Å². The normalized spacial score (nSPS) is 12.7. The molecule has 2 rings (SSSR count). The van der Waals surface area contributed by atoms with E-state index in [1.807, 2.05) is 12.1 Å². The van der Waals surface area contributed by atoms with E-state index in [1.54, 1.807) is 6.07 Å². The topological polar surface area (TPSA) is 50.9 Å². The molecular formula is C16H20FN3. The quantitative estimate of drug-likeness (QED) is 0.650. The van der Waals surface area contributed by atoms with Gasteiger partial charge >= 0.3 is 0 Å². The van der Waals surface area contributed by atoms with Gasteiger partial charge in [-0.2, -0.15) is 0 Å². The molecule has 0 spiro atoms. The number of nitrogens with one attached hydrogen (secondary N) is 1. The second kappa shape index (κ2) is 6.59. The maximum absolute atomic E-state index is 12.9. The summed E-state index contributed by atoms with van der Waals surface area (Å²) in [4.78, 5) is 4.10. The van der Waals surface area contributed by atoms with Gasteiger partial charge in [0.25, 0.3) is 0 Å². The molecule has 4 heteroatoms. The van der Waals surface area contributed by atoms with Crippen molar-refractivity contribution < 1.29 is 4.39 Å². The summed E-state index contributed by atoms with van der Waals surface area (Å²) in [6, 6.07) is 11.0. The fourth-order valence-electron chi connectivity index (χ4n) is 2.28. The number of aromatic nitrogens is 1. The molecule has 2 aromatic rings. The van der Waals surface area contributed by atoms with Gasteiger partial charge in [-0.05, 0) is 35.6 Å². The highest BCUT2D eigenvalue weighted by molar-refractivity contribution is 5.31. The number of halogens is 1. The molecule has 1 unspecified atom stereocenters. The molecule has 106 valence electrons. The second-order valence-corrected chi connectivity index (χ2v) is 5.34. The van der Waals surface area contributed by atoms with Gasteiger partial charge in [0, 0.05) is 0 Å². The van der Waals surface area contributed by atoms with Gasteiger partial charge in [0.1, 0.15) is 5.82 Å². The van der Waals surface area contributed by atoms with Crippen molar-refractivity contribution in [1.29, 1.82) is 0 Å². The van der Waals surface area contributed by atoms with Gasteiger partial charge in [-0.15, -0.1) is 0 Å². The minimum absolute atomic E-state index is 0.234. The Hall–Kier alpha value is -1.78. The third-order valence-electron chi connectivity index (χ3n) is 3.14. The van der Waals surface area contributed by atoms with Crippen LogP contribution >= 0.6 is 0 Å². The van der Waals surface area contributed by atoms with Gasteiger partial charge in [0.2, 0.25) is 0 Å². The molecule has 1 atom stereocenters. The number of hydrogen-bond acceptors (Lipinski definition) is 3. The molecule has 0 aliphatic heterocycles. The average Bonchev–Trinajstić information content (AvgIpc) is 2.41. The molecule has 0 radical (unpaired) electrons. The summed E-state index contributed by atoms with van der Waals surface area (Å²) in [7, 11) is 0. The predicted octanol–water partition coefficient (Wildman–Crippen LogP) is 2.97. The van der Waals surface area contributed by atoms with Gasteiger partial charge in [0.05, 0.1) is 17.9 Å². The van der Waals surface area contributed by atoms with Crippen molar-refractivity contribution in [3.63, 3.8) is 0 Å². The first-order chi connectivity index (χ1) is 9.60. The van der Waals surface area contributed by atoms with Crippen LogP contribution in [0.3, 0.4) is 0 Å². The van der Waals surface area contributed by atoms with Crippen molar-refractivity contribution in [2.24, 2.45) is 11.8 Å². The number of pyridine rings is 1. The van der Waals surface area contributed by atoms with Crippen molar-refractivity contribution in [2.75, 3.05) is 0 Å². The van der Waals surface area contributed by atoms with Crippen LogP contribution in [0.15, 0.2) is 42.6 Å². The standard InChI is InChI=1S/C16H20FN3/c1-11(2)8-12-4-3-5-13(9-12)16(20-18)15-7-6-14(17)10-19-15/h3-7,9-11,16,20H,8,18H2,1-2H3. The van der Waals surface area contributed by atoms with E-state index >= 15 is 0 Å². The van der Waals surface area contributed by atoms with Crippen LogP contribution in [0.4, 0.5) is 4.39 Å². The Morgan fingerprint density at radius 1 is 1.25 bits per heavy atom. The van der Waals surface area contributed by atoms with Crippen molar-refractivity contribution in [3.05, 3.63) is 65.2 Å². The third-order valence-corrected chi connectivity index (χ3v) is 3.14. The summed E-state index contributed by atoms with van der Waals surface area (Å²) >= 11 is 0. The van der Waals surface area contributed by atoms with Crippen LogP contribution in [0.5, 0.6) is 0 Å². The Labute approximate surface area is 119 Å². The van der Waals surface area contributed by atoms with Crippen molar-refractivity contribution in [3.8, 4) is 0 Å². The summed E-state index contributed by atoms with van der Waals surface area (Å²) in [6.07, 6.45) is 2.22. The summed E-state index contributed by atoms with van der Waals surface area (Å²) in [5.41, 5.74) is 5.75. The summed E-state index contributed by atoms with van der Waals surface area (Å²) in [5.74, 6) is 5.89. The van der Waals surface area contributed by atoms with E-state index in [2.05, 4.69) is 36.4 Å². The highest BCUT2D eigenvalue weighted by atomic mass is 19.1. The highest BCUT2D eigenvalue weighted by Gasteiger charge is 2.14. The molecule has 0 aliphatic carbocycles. The maximum atomic E-state index is 12.9. The van der Waals surface area contributed by atoms with Crippen LogP contribution < -0.4 is 11.3 Å². The Morgan fingerprint density at radius 3 is 2.65 bits per heavy atom. The zero-order chi connectivity index (χ0) is 14.5. The van der Waals surface area contributed by atoms with Crippen LogP contribution in [0, 0.1) is 11.7 Å². The molecule has 3 N–H and O–H groups in total. The van der Waals surface area contributed by atoms with E-state index in [1.165, 1.54) is 17.8 Å². The molecule has 0 aliphatic rings. The zero-order valence-electron chi connectivity index (χ0n) is 11.8. The molecule has 1 aromatic carbocycles. The lowest BCUT2D eigenvalue weighted by atomic mass is 9.97. The Balaban J connectivity index is 2.29. The van der Waals surface area contributed by atoms with Crippen molar-refractivity contribution >= 4 is 0 Å². The molecule has 1 heterocycles. The summed E-state index contributed by atoms with van der Waals surface area (Å²) < 4.78 is 12.9. The molecule has 0 saturated carbocycles. The van der Waals surface area contributed by atoms with Gasteiger partial charge < -0.3 is 0 Å². The Kier molecular flexibility index (Phi) is 4.82. The fraction of sp³-hybridized carbons (Fsp3) is 0.312. The highest BCUT2D eigenvalue weighted by Crippen LogP contribution is 2.21. The van der Waals surface area contributed by atoms with Gasteiger partial charge in [-0.25, -0.2) is 9.82 Å². The molecular weight excluding hydrogens is 253 g/mol. The van der Waals surface area contributed by atoms with Crippen molar-refractivity contribution in [1.82, 2.24) is 10.4 Å². The summed E-state index contributed by atoms with van der Waals surface area (Å²) in [6.45, 7) is 4.37. The number of hydrogen-bond donors (Lipinski definition) is 2. The van der Waals surface area contributed by atoms with Crippen LogP contribution in [0.2, 0.25) is 0 Å². The van der Waals surface area contributed by atoms with Crippen molar-refractivity contribution in [2.45, 2.75) is 26.3 Å². The van der Waals surface area contributed by atoms with E-state index < -0.39 is 0 Å². The van der Waals surface area contributed by atoms with Crippen LogP contribution in [0.1, 0.15) is 36.7 Å². The number of hydrazine groups is 1. The van der Waals surface area contributed by atoms with E-state index in [0.717, 1.165) is 12.0 Å². The Morgan fingerprint density at radius 2 is 2.05 bits per heavy atom. The Bertz CT molecular complexity index is 552. The molecule has 0 bridgehead atoms. The largest absolute Gasteiger partial charge is 0.271 e. The minimum Gasteiger partial charge on any atom is -0.271 e. The number of nitrogens with zero attached hydrogens (tertiary/aromatic N) is 1. The molecule has 1 aromatic heterocycles. The smallest absolute Gasteiger partial charge is 0.141 e. The number of nitrogens with two attached hydrogens (primary N) is 1. The van der Waals surface area contributed by atoms with Gasteiger partial charge in [-0.3, -0.25) is 10.8 Å². The van der Waals surface area contributed by atoms with E-state index in [-0.39, 0.29) is 11.9 Å². The molecule has 20 heavy (non-hydrogen) atoms. The predicted molar refractivity (Wildman–Crippen MR) is 78.3 cm³/mol. The average molecular weight is 273 g/mol. The van der Waals surface area contributed by atoms with Crippen LogP contribution in [0.25, 0.3) is 0 Å². The van der Waals surface area contributed by atoms with Crippen LogP contribution in [-0.2, 0) is 6.42 Å². The van der Waals surface area contributed by atoms with Crippen LogP contribution in [-0.4, -0.2) is 4.98 Å². The zero-order valence-corrected chi connectivity index (χ0v) is 11.8. The maximum Gasteiger partial charge on any atom is 0.141 e. The monoisotopic (exact) mass is 273 g/mol. The molecule has 0 amide bonds. The lowest BCUT2D eigenvalue weighted by molar-refractivity contribution is 0.595.